The minimum atomic E-state index is -0.160. The molecule has 4 atom stereocenters. The molecular formula is C14H26N2O2. The van der Waals surface area contributed by atoms with Crippen molar-refractivity contribution < 1.29 is 9.90 Å². The first-order valence-electron chi connectivity index (χ1n) is 7.36. The SMILES string of the molecule is CC1CCCNC1C(=O)NCC1CCCC(O)C1. The minimum Gasteiger partial charge on any atom is -0.393 e. The molecule has 0 spiro atoms. The summed E-state index contributed by atoms with van der Waals surface area (Å²) in [6, 6.07) is -0.0211. The van der Waals surface area contributed by atoms with Gasteiger partial charge in [-0.25, -0.2) is 0 Å². The molecule has 0 aromatic carbocycles. The van der Waals surface area contributed by atoms with Crippen molar-refractivity contribution in [3.63, 3.8) is 0 Å². The Bertz CT molecular complexity index is 283. The highest BCUT2D eigenvalue weighted by Crippen LogP contribution is 2.23. The average molecular weight is 254 g/mol. The Morgan fingerprint density at radius 1 is 1.33 bits per heavy atom. The Kier molecular flexibility index (Phi) is 5.01. The summed E-state index contributed by atoms with van der Waals surface area (Å²) in [5.74, 6) is 1.02. The van der Waals surface area contributed by atoms with E-state index in [1.54, 1.807) is 0 Å². The Labute approximate surface area is 110 Å². The van der Waals surface area contributed by atoms with E-state index in [2.05, 4.69) is 17.6 Å². The molecule has 4 heteroatoms. The lowest BCUT2D eigenvalue weighted by Gasteiger charge is -2.30. The topological polar surface area (TPSA) is 61.4 Å². The molecule has 2 fully saturated rings. The number of aliphatic hydroxyl groups is 1. The van der Waals surface area contributed by atoms with Gasteiger partial charge in [0.25, 0.3) is 0 Å². The van der Waals surface area contributed by atoms with Crippen LogP contribution in [0.5, 0.6) is 0 Å². The summed E-state index contributed by atoms with van der Waals surface area (Å²) in [6.45, 7) is 3.81. The smallest absolute Gasteiger partial charge is 0.237 e. The lowest BCUT2D eigenvalue weighted by molar-refractivity contribution is -0.125. The molecule has 3 N–H and O–H groups in total. The first-order chi connectivity index (χ1) is 8.66. The first-order valence-corrected chi connectivity index (χ1v) is 7.36. The molecule has 2 rings (SSSR count). The van der Waals surface area contributed by atoms with Crippen molar-refractivity contribution in [1.82, 2.24) is 10.6 Å². The molecule has 1 saturated heterocycles. The predicted molar refractivity (Wildman–Crippen MR) is 71.2 cm³/mol. The maximum absolute atomic E-state index is 12.1. The Hall–Kier alpha value is -0.610. The number of piperidine rings is 1. The van der Waals surface area contributed by atoms with Gasteiger partial charge in [-0.1, -0.05) is 13.3 Å². The highest BCUT2D eigenvalue weighted by Gasteiger charge is 2.28. The zero-order chi connectivity index (χ0) is 13.0. The van der Waals surface area contributed by atoms with Crippen molar-refractivity contribution in [1.29, 1.82) is 0 Å². The molecule has 4 nitrogen and oxygen atoms in total. The number of carbonyl (C=O) groups excluding carboxylic acids is 1. The van der Waals surface area contributed by atoms with Gasteiger partial charge in [0.15, 0.2) is 0 Å². The zero-order valence-electron chi connectivity index (χ0n) is 11.3. The van der Waals surface area contributed by atoms with E-state index in [1.807, 2.05) is 0 Å². The maximum atomic E-state index is 12.1. The molecule has 1 aliphatic carbocycles. The molecular weight excluding hydrogens is 228 g/mol. The van der Waals surface area contributed by atoms with Crippen LogP contribution in [-0.2, 0) is 4.79 Å². The van der Waals surface area contributed by atoms with Gasteiger partial charge in [-0.15, -0.1) is 0 Å². The minimum absolute atomic E-state index is 0.0211. The summed E-state index contributed by atoms with van der Waals surface area (Å²) in [6.07, 6.45) is 6.12. The number of hydrogen-bond donors (Lipinski definition) is 3. The van der Waals surface area contributed by atoms with Crippen LogP contribution in [0.2, 0.25) is 0 Å². The van der Waals surface area contributed by atoms with Crippen LogP contribution in [0, 0.1) is 11.8 Å². The van der Waals surface area contributed by atoms with E-state index in [0.717, 1.165) is 45.2 Å². The molecule has 2 aliphatic rings. The summed E-state index contributed by atoms with van der Waals surface area (Å²) in [5.41, 5.74) is 0. The lowest BCUT2D eigenvalue weighted by Crippen LogP contribution is -2.51. The largest absolute Gasteiger partial charge is 0.393 e. The third kappa shape index (κ3) is 3.69. The van der Waals surface area contributed by atoms with Crippen LogP contribution in [0.15, 0.2) is 0 Å². The molecule has 0 aromatic heterocycles. The number of rotatable bonds is 3. The Morgan fingerprint density at radius 2 is 2.17 bits per heavy atom. The van der Waals surface area contributed by atoms with Gasteiger partial charge >= 0.3 is 0 Å². The third-order valence-corrected chi connectivity index (χ3v) is 4.37. The zero-order valence-corrected chi connectivity index (χ0v) is 11.3. The van der Waals surface area contributed by atoms with Gasteiger partial charge in [-0.3, -0.25) is 4.79 Å². The number of carbonyl (C=O) groups is 1. The molecule has 0 radical (unpaired) electrons. The van der Waals surface area contributed by atoms with Gasteiger partial charge in [0.1, 0.15) is 0 Å². The van der Waals surface area contributed by atoms with Gasteiger partial charge < -0.3 is 15.7 Å². The van der Waals surface area contributed by atoms with Crippen LogP contribution in [0.4, 0.5) is 0 Å². The molecule has 4 unspecified atom stereocenters. The number of amides is 1. The molecule has 0 aromatic rings. The normalized spacial score (nSPS) is 37.2. The molecule has 0 bridgehead atoms. The Balaban J connectivity index is 1.73. The summed E-state index contributed by atoms with van der Waals surface area (Å²) in [7, 11) is 0. The molecule has 104 valence electrons. The summed E-state index contributed by atoms with van der Waals surface area (Å²) in [4.78, 5) is 12.1. The van der Waals surface area contributed by atoms with Crippen molar-refractivity contribution in [2.45, 2.75) is 57.6 Å². The van der Waals surface area contributed by atoms with Crippen molar-refractivity contribution in [3.05, 3.63) is 0 Å². The lowest BCUT2D eigenvalue weighted by atomic mass is 9.87. The highest BCUT2D eigenvalue weighted by atomic mass is 16.3. The van der Waals surface area contributed by atoms with Crippen LogP contribution < -0.4 is 10.6 Å². The van der Waals surface area contributed by atoms with Crippen molar-refractivity contribution >= 4 is 5.91 Å². The maximum Gasteiger partial charge on any atom is 0.237 e. The number of aliphatic hydroxyl groups excluding tert-OH is 1. The molecule has 18 heavy (non-hydrogen) atoms. The van der Waals surface area contributed by atoms with Crippen molar-refractivity contribution in [2.24, 2.45) is 11.8 Å². The molecule has 1 saturated carbocycles. The second-order valence-corrected chi connectivity index (χ2v) is 5.98. The van der Waals surface area contributed by atoms with Crippen molar-refractivity contribution in [2.75, 3.05) is 13.1 Å². The van der Waals surface area contributed by atoms with E-state index in [1.165, 1.54) is 6.42 Å². The summed E-state index contributed by atoms with van der Waals surface area (Å²) >= 11 is 0. The number of nitrogens with one attached hydrogen (secondary N) is 2. The molecule has 1 aliphatic heterocycles. The van der Waals surface area contributed by atoms with E-state index in [0.29, 0.717) is 11.8 Å². The van der Waals surface area contributed by atoms with Crippen molar-refractivity contribution in [3.8, 4) is 0 Å². The van der Waals surface area contributed by atoms with Gasteiger partial charge in [-0.05, 0) is 50.5 Å². The van der Waals surface area contributed by atoms with E-state index in [4.69, 9.17) is 0 Å². The monoisotopic (exact) mass is 254 g/mol. The van der Waals surface area contributed by atoms with Crippen LogP contribution in [0.1, 0.15) is 45.4 Å². The van der Waals surface area contributed by atoms with E-state index in [-0.39, 0.29) is 18.1 Å². The third-order valence-electron chi connectivity index (χ3n) is 4.37. The van der Waals surface area contributed by atoms with Gasteiger partial charge in [0.2, 0.25) is 5.91 Å². The van der Waals surface area contributed by atoms with Gasteiger partial charge in [-0.2, -0.15) is 0 Å². The van der Waals surface area contributed by atoms with Crippen LogP contribution in [0.25, 0.3) is 0 Å². The first kappa shape index (κ1) is 13.8. The van der Waals surface area contributed by atoms with E-state index < -0.39 is 0 Å². The van der Waals surface area contributed by atoms with Gasteiger partial charge in [0.05, 0.1) is 12.1 Å². The number of hydrogen-bond acceptors (Lipinski definition) is 3. The second-order valence-electron chi connectivity index (χ2n) is 5.98. The molecule has 1 amide bonds. The average Bonchev–Trinajstić information content (AvgIpc) is 2.37. The fraction of sp³-hybridized carbons (Fsp3) is 0.929. The Morgan fingerprint density at radius 3 is 2.89 bits per heavy atom. The highest BCUT2D eigenvalue weighted by molar-refractivity contribution is 5.82. The van der Waals surface area contributed by atoms with E-state index >= 15 is 0 Å². The summed E-state index contributed by atoms with van der Waals surface area (Å²) < 4.78 is 0. The predicted octanol–water partition coefficient (Wildman–Crippen LogP) is 1.04. The molecule has 1 heterocycles. The van der Waals surface area contributed by atoms with Crippen LogP contribution >= 0.6 is 0 Å². The summed E-state index contributed by atoms with van der Waals surface area (Å²) in [5, 5.41) is 16.0. The quantitative estimate of drug-likeness (QED) is 0.705. The fourth-order valence-electron chi connectivity index (χ4n) is 3.20. The van der Waals surface area contributed by atoms with Gasteiger partial charge in [0, 0.05) is 6.54 Å². The van der Waals surface area contributed by atoms with Crippen LogP contribution in [0.3, 0.4) is 0 Å². The fourth-order valence-corrected chi connectivity index (χ4v) is 3.20. The standard InChI is InChI=1S/C14H26N2O2/c1-10-4-3-7-15-13(10)14(18)16-9-11-5-2-6-12(17)8-11/h10-13,15,17H,2-9H2,1H3,(H,16,18). The van der Waals surface area contributed by atoms with E-state index in [9.17, 15) is 9.90 Å². The second kappa shape index (κ2) is 6.53. The van der Waals surface area contributed by atoms with Crippen LogP contribution in [-0.4, -0.2) is 36.2 Å².